The normalized spacial score (nSPS) is 10.9. The zero-order chi connectivity index (χ0) is 15.2. The Morgan fingerprint density at radius 3 is 2.90 bits per heavy atom. The Morgan fingerprint density at radius 2 is 2.19 bits per heavy atom. The first-order valence-corrected chi connectivity index (χ1v) is 6.83. The molecule has 0 aliphatic heterocycles. The van der Waals surface area contributed by atoms with Crippen LogP contribution in [0.2, 0.25) is 0 Å². The summed E-state index contributed by atoms with van der Waals surface area (Å²) in [5.74, 6) is 0.714. The summed E-state index contributed by atoms with van der Waals surface area (Å²) in [5.41, 5.74) is 2.20. The van der Waals surface area contributed by atoms with Crippen LogP contribution in [-0.4, -0.2) is 50.5 Å². The van der Waals surface area contributed by atoms with Gasteiger partial charge in [0.15, 0.2) is 0 Å². The van der Waals surface area contributed by atoms with E-state index in [9.17, 15) is 4.79 Å². The van der Waals surface area contributed by atoms with Crippen LogP contribution in [0.4, 0.5) is 4.79 Å². The second kappa shape index (κ2) is 6.99. The van der Waals surface area contributed by atoms with Gasteiger partial charge in [-0.2, -0.15) is 0 Å². The van der Waals surface area contributed by atoms with Gasteiger partial charge in [0.1, 0.15) is 5.75 Å². The molecule has 114 valence electrons. The molecule has 1 aromatic carbocycles. The Hall–Kier alpha value is -2.21. The topological polar surface area (TPSA) is 66.6 Å². The maximum absolute atomic E-state index is 11.0. The molecule has 0 bridgehead atoms. The molecule has 0 atom stereocenters. The van der Waals surface area contributed by atoms with E-state index in [1.54, 1.807) is 0 Å². The highest BCUT2D eigenvalue weighted by Gasteiger charge is 2.10. The van der Waals surface area contributed by atoms with E-state index in [1.807, 2.05) is 38.5 Å². The maximum Gasteiger partial charge on any atom is 0.409 e. The molecular formula is C15H21N3O3. The van der Waals surface area contributed by atoms with Crippen LogP contribution in [0.3, 0.4) is 0 Å². The van der Waals surface area contributed by atoms with Crippen LogP contribution in [0.25, 0.3) is 10.9 Å². The van der Waals surface area contributed by atoms with E-state index in [0.29, 0.717) is 5.75 Å². The first-order chi connectivity index (χ1) is 10.1. The highest BCUT2D eigenvalue weighted by atomic mass is 16.7. The van der Waals surface area contributed by atoms with Crippen LogP contribution in [0.15, 0.2) is 24.4 Å². The van der Waals surface area contributed by atoms with E-state index in [-0.39, 0.29) is 6.79 Å². The van der Waals surface area contributed by atoms with Gasteiger partial charge in [-0.25, -0.2) is 4.79 Å². The number of hydrogen-bond acceptors (Lipinski definition) is 4. The van der Waals surface area contributed by atoms with Crippen LogP contribution in [0, 0.1) is 0 Å². The van der Waals surface area contributed by atoms with Gasteiger partial charge in [0, 0.05) is 30.7 Å². The molecule has 2 rings (SSSR count). The van der Waals surface area contributed by atoms with Crippen molar-refractivity contribution >= 4 is 17.0 Å². The fourth-order valence-corrected chi connectivity index (χ4v) is 2.10. The second-order valence-corrected chi connectivity index (χ2v) is 4.99. The number of rotatable bonds is 6. The number of nitrogens with one attached hydrogen (secondary N) is 2. The second-order valence-electron chi connectivity index (χ2n) is 4.99. The van der Waals surface area contributed by atoms with Gasteiger partial charge in [0.05, 0.1) is 0 Å². The smallest absolute Gasteiger partial charge is 0.409 e. The molecule has 1 amide bonds. The molecule has 0 unspecified atom stereocenters. The minimum Gasteiger partial charge on any atom is -0.457 e. The van der Waals surface area contributed by atoms with Crippen molar-refractivity contribution in [1.29, 1.82) is 0 Å². The van der Waals surface area contributed by atoms with Crippen molar-refractivity contribution in [2.24, 2.45) is 0 Å². The molecule has 6 heteroatoms. The summed E-state index contributed by atoms with van der Waals surface area (Å²) in [5, 5.41) is 3.42. The summed E-state index contributed by atoms with van der Waals surface area (Å²) < 4.78 is 10.4. The van der Waals surface area contributed by atoms with E-state index in [4.69, 9.17) is 9.47 Å². The number of aromatic nitrogens is 1. The highest BCUT2D eigenvalue weighted by molar-refractivity contribution is 5.89. The fraction of sp³-hybridized carbons (Fsp3) is 0.400. The molecular weight excluding hydrogens is 270 g/mol. The summed E-state index contributed by atoms with van der Waals surface area (Å²) in [6, 6.07) is 5.79. The van der Waals surface area contributed by atoms with Crippen molar-refractivity contribution in [3.05, 3.63) is 30.0 Å². The molecule has 2 N–H and O–H groups in total. The van der Waals surface area contributed by atoms with Gasteiger partial charge in [0.25, 0.3) is 0 Å². The number of likely N-dealkylation sites (N-methyl/N-ethyl adjacent to an activating group) is 1. The van der Waals surface area contributed by atoms with Gasteiger partial charge in [-0.3, -0.25) is 0 Å². The van der Waals surface area contributed by atoms with E-state index >= 15 is 0 Å². The monoisotopic (exact) mass is 291 g/mol. The number of carbonyl (C=O) groups is 1. The Balaban J connectivity index is 2.14. The lowest BCUT2D eigenvalue weighted by molar-refractivity contribution is 0.0617. The van der Waals surface area contributed by atoms with E-state index in [1.165, 1.54) is 12.6 Å². The number of ether oxygens (including phenoxy) is 2. The lowest BCUT2D eigenvalue weighted by atomic mass is 10.1. The van der Waals surface area contributed by atoms with Crippen molar-refractivity contribution in [3.8, 4) is 5.75 Å². The average Bonchev–Trinajstić information content (AvgIpc) is 2.89. The standard InChI is InChI=1S/C15H21N3O3/c1-16-15(19)21-10-20-13-6-4-5-12-14(13)11(9-17-12)7-8-18(2)3/h4-6,9,17H,7-8,10H2,1-3H3,(H,16,19). The number of nitrogens with zero attached hydrogens (tertiary/aromatic N) is 1. The molecule has 2 aromatic rings. The lowest BCUT2D eigenvalue weighted by Crippen LogP contribution is -2.21. The van der Waals surface area contributed by atoms with Crippen LogP contribution in [0.1, 0.15) is 5.56 Å². The van der Waals surface area contributed by atoms with Gasteiger partial charge >= 0.3 is 6.09 Å². The Bertz CT molecular complexity index is 607. The lowest BCUT2D eigenvalue weighted by Gasteiger charge is -2.11. The van der Waals surface area contributed by atoms with Crippen molar-refractivity contribution in [3.63, 3.8) is 0 Å². The number of fused-ring (bicyclic) bond motifs is 1. The van der Waals surface area contributed by atoms with Crippen LogP contribution >= 0.6 is 0 Å². The van der Waals surface area contributed by atoms with Crippen LogP contribution in [0.5, 0.6) is 5.75 Å². The SMILES string of the molecule is CNC(=O)OCOc1cccc2[nH]cc(CCN(C)C)c12. The number of hydrogen-bond donors (Lipinski definition) is 2. The quantitative estimate of drug-likeness (QED) is 0.799. The van der Waals surface area contributed by atoms with Gasteiger partial charge in [-0.15, -0.1) is 0 Å². The molecule has 0 aliphatic rings. The Kier molecular flexibility index (Phi) is 5.05. The van der Waals surface area contributed by atoms with Gasteiger partial charge in [-0.1, -0.05) is 6.07 Å². The van der Waals surface area contributed by atoms with Crippen molar-refractivity contribution in [1.82, 2.24) is 15.2 Å². The summed E-state index contributed by atoms with van der Waals surface area (Å²) >= 11 is 0. The third kappa shape index (κ3) is 3.88. The third-order valence-electron chi connectivity index (χ3n) is 3.19. The number of aromatic amines is 1. The molecule has 21 heavy (non-hydrogen) atoms. The molecule has 0 saturated carbocycles. The number of benzene rings is 1. The molecule has 1 heterocycles. The zero-order valence-corrected chi connectivity index (χ0v) is 12.6. The third-order valence-corrected chi connectivity index (χ3v) is 3.19. The predicted octanol–water partition coefficient (Wildman–Crippen LogP) is 1.96. The minimum absolute atomic E-state index is 0.114. The number of H-pyrrole nitrogens is 1. The van der Waals surface area contributed by atoms with E-state index in [0.717, 1.165) is 23.9 Å². The van der Waals surface area contributed by atoms with Gasteiger partial charge in [-0.05, 0) is 38.2 Å². The molecule has 0 aliphatic carbocycles. The number of carbonyl (C=O) groups excluding carboxylic acids is 1. The molecule has 0 saturated heterocycles. The van der Waals surface area contributed by atoms with Crippen LogP contribution in [-0.2, 0) is 11.2 Å². The number of amides is 1. The van der Waals surface area contributed by atoms with E-state index in [2.05, 4.69) is 15.2 Å². The minimum atomic E-state index is -0.510. The molecule has 0 radical (unpaired) electrons. The molecule has 0 spiro atoms. The van der Waals surface area contributed by atoms with Crippen molar-refractivity contribution < 1.29 is 14.3 Å². The zero-order valence-electron chi connectivity index (χ0n) is 12.6. The molecule has 6 nitrogen and oxygen atoms in total. The maximum atomic E-state index is 11.0. The predicted molar refractivity (Wildman–Crippen MR) is 81.6 cm³/mol. The summed E-state index contributed by atoms with van der Waals surface area (Å²) in [4.78, 5) is 16.4. The van der Waals surface area contributed by atoms with Gasteiger partial charge < -0.3 is 24.7 Å². The Labute approximate surface area is 124 Å². The van der Waals surface area contributed by atoms with Gasteiger partial charge in [0.2, 0.25) is 6.79 Å². The molecule has 1 aromatic heterocycles. The van der Waals surface area contributed by atoms with Crippen molar-refractivity contribution in [2.75, 3.05) is 34.5 Å². The summed E-state index contributed by atoms with van der Waals surface area (Å²) in [6.45, 7) is 0.840. The number of alkyl carbamates (subject to hydrolysis) is 1. The van der Waals surface area contributed by atoms with Crippen LogP contribution < -0.4 is 10.1 Å². The first kappa shape index (κ1) is 15.2. The Morgan fingerprint density at radius 1 is 1.38 bits per heavy atom. The fourth-order valence-electron chi connectivity index (χ4n) is 2.10. The summed E-state index contributed by atoms with van der Waals surface area (Å²) in [7, 11) is 5.60. The first-order valence-electron chi connectivity index (χ1n) is 6.83. The summed E-state index contributed by atoms with van der Waals surface area (Å²) in [6.07, 6.45) is 2.41. The van der Waals surface area contributed by atoms with Crippen molar-refractivity contribution in [2.45, 2.75) is 6.42 Å². The largest absolute Gasteiger partial charge is 0.457 e. The highest BCUT2D eigenvalue weighted by Crippen LogP contribution is 2.29. The average molecular weight is 291 g/mol. The molecule has 0 fully saturated rings. The van der Waals surface area contributed by atoms with E-state index < -0.39 is 6.09 Å².